The first-order valence-corrected chi connectivity index (χ1v) is 9.34. The topological polar surface area (TPSA) is 90.4 Å². The molecular formula is C19H19BrN6O. The van der Waals surface area contributed by atoms with Crippen molar-refractivity contribution in [3.63, 3.8) is 0 Å². The van der Waals surface area contributed by atoms with E-state index in [2.05, 4.69) is 37.4 Å². The van der Waals surface area contributed by atoms with Crippen LogP contribution in [0.25, 0.3) is 27.7 Å². The van der Waals surface area contributed by atoms with E-state index >= 15 is 0 Å². The summed E-state index contributed by atoms with van der Waals surface area (Å²) in [6.45, 7) is 1.94. The van der Waals surface area contributed by atoms with Crippen molar-refractivity contribution in [2.45, 2.75) is 6.54 Å². The second-order valence-electron chi connectivity index (χ2n) is 6.14. The molecule has 4 aromatic rings. The lowest BCUT2D eigenvalue weighted by Crippen LogP contribution is -2.20. The molecule has 0 bridgehead atoms. The van der Waals surface area contributed by atoms with Gasteiger partial charge in [0.2, 0.25) is 0 Å². The van der Waals surface area contributed by atoms with Gasteiger partial charge in [0.15, 0.2) is 5.65 Å². The average Bonchev–Trinajstić information content (AvgIpc) is 3.12. The summed E-state index contributed by atoms with van der Waals surface area (Å²) < 4.78 is 7.45. The molecule has 0 spiro atoms. The van der Waals surface area contributed by atoms with Gasteiger partial charge >= 0.3 is 0 Å². The fraction of sp³-hybridized carbons (Fsp3) is 0.211. The predicted octanol–water partition coefficient (Wildman–Crippen LogP) is 3.03. The lowest BCUT2D eigenvalue weighted by atomic mass is 10.1. The zero-order valence-electron chi connectivity index (χ0n) is 14.8. The van der Waals surface area contributed by atoms with Gasteiger partial charge in [0, 0.05) is 42.9 Å². The van der Waals surface area contributed by atoms with E-state index in [0.717, 1.165) is 38.7 Å². The molecule has 1 aromatic carbocycles. The predicted molar refractivity (Wildman–Crippen MR) is 109 cm³/mol. The van der Waals surface area contributed by atoms with E-state index < -0.39 is 0 Å². The number of methoxy groups -OCH3 is 1. The van der Waals surface area contributed by atoms with Gasteiger partial charge in [0.1, 0.15) is 5.82 Å². The monoisotopic (exact) mass is 426 g/mol. The van der Waals surface area contributed by atoms with E-state index in [9.17, 15) is 0 Å². The number of nitrogens with zero attached hydrogens (tertiary/aromatic N) is 4. The standard InChI is InChI=1S/C19H19BrN6O/c1-27-7-6-22-11-16-17(20)18(21)26-19(25-16)14(10-24-26)13-8-12-4-2-3-5-15(12)23-9-13/h2-5,8-10,22H,6-7,11,21H2,1H3. The molecule has 7 nitrogen and oxygen atoms in total. The summed E-state index contributed by atoms with van der Waals surface area (Å²) in [6, 6.07) is 10.1. The number of nitrogen functional groups attached to an aromatic ring is 1. The molecule has 8 heteroatoms. The van der Waals surface area contributed by atoms with Crippen molar-refractivity contribution in [3.05, 3.63) is 52.9 Å². The van der Waals surface area contributed by atoms with Crippen LogP contribution in [0.3, 0.4) is 0 Å². The van der Waals surface area contributed by atoms with Crippen LogP contribution in [0.1, 0.15) is 5.69 Å². The van der Waals surface area contributed by atoms with Gasteiger partial charge in [-0.05, 0) is 28.1 Å². The molecule has 0 aliphatic rings. The Morgan fingerprint density at radius 3 is 2.96 bits per heavy atom. The Labute approximate surface area is 164 Å². The number of rotatable bonds is 6. The van der Waals surface area contributed by atoms with E-state index in [-0.39, 0.29) is 0 Å². The molecule has 0 atom stereocenters. The van der Waals surface area contributed by atoms with Gasteiger partial charge in [0.25, 0.3) is 0 Å². The number of aromatic nitrogens is 4. The number of hydrogen-bond donors (Lipinski definition) is 2. The van der Waals surface area contributed by atoms with Gasteiger partial charge in [-0.2, -0.15) is 9.61 Å². The molecule has 0 saturated carbocycles. The van der Waals surface area contributed by atoms with Crippen LogP contribution in [0.2, 0.25) is 0 Å². The summed E-state index contributed by atoms with van der Waals surface area (Å²) in [7, 11) is 1.68. The third-order valence-corrected chi connectivity index (χ3v) is 5.23. The molecule has 0 unspecified atom stereocenters. The van der Waals surface area contributed by atoms with Crippen molar-refractivity contribution in [2.24, 2.45) is 0 Å². The van der Waals surface area contributed by atoms with Crippen LogP contribution in [0, 0.1) is 0 Å². The van der Waals surface area contributed by atoms with Gasteiger partial charge in [-0.15, -0.1) is 0 Å². The number of pyridine rings is 1. The molecule has 3 heterocycles. The van der Waals surface area contributed by atoms with Crippen LogP contribution in [0.4, 0.5) is 5.82 Å². The second kappa shape index (κ2) is 7.59. The van der Waals surface area contributed by atoms with Crippen molar-refractivity contribution in [1.82, 2.24) is 24.9 Å². The summed E-state index contributed by atoms with van der Waals surface area (Å²) in [4.78, 5) is 9.34. The van der Waals surface area contributed by atoms with Gasteiger partial charge < -0.3 is 15.8 Å². The smallest absolute Gasteiger partial charge is 0.165 e. The molecule has 0 radical (unpaired) electrons. The summed E-state index contributed by atoms with van der Waals surface area (Å²) in [5.74, 6) is 0.517. The molecule has 0 aliphatic heterocycles. The molecule has 0 amide bonds. The Morgan fingerprint density at radius 2 is 2.11 bits per heavy atom. The minimum Gasteiger partial charge on any atom is -0.383 e. The highest BCUT2D eigenvalue weighted by Crippen LogP contribution is 2.30. The minimum atomic E-state index is 0.517. The normalized spacial score (nSPS) is 11.5. The van der Waals surface area contributed by atoms with Crippen molar-refractivity contribution in [1.29, 1.82) is 0 Å². The summed E-state index contributed by atoms with van der Waals surface area (Å²) in [5, 5.41) is 8.78. The SMILES string of the molecule is COCCNCc1nc2c(-c3cnc4ccccc4c3)cnn2c(N)c1Br. The van der Waals surface area contributed by atoms with Gasteiger partial charge in [0.05, 0.1) is 28.5 Å². The maximum atomic E-state index is 6.28. The Morgan fingerprint density at radius 1 is 1.26 bits per heavy atom. The van der Waals surface area contributed by atoms with Crippen LogP contribution in [-0.2, 0) is 11.3 Å². The zero-order valence-corrected chi connectivity index (χ0v) is 16.4. The number of ether oxygens (including phenoxy) is 1. The summed E-state index contributed by atoms with van der Waals surface area (Å²) in [5.41, 5.74) is 10.6. The van der Waals surface area contributed by atoms with Crippen LogP contribution < -0.4 is 11.1 Å². The van der Waals surface area contributed by atoms with Crippen molar-refractivity contribution in [2.75, 3.05) is 26.0 Å². The number of nitrogens with one attached hydrogen (secondary N) is 1. The van der Waals surface area contributed by atoms with Crippen LogP contribution in [0.5, 0.6) is 0 Å². The summed E-state index contributed by atoms with van der Waals surface area (Å²) in [6.07, 6.45) is 3.62. The minimum absolute atomic E-state index is 0.517. The Kier molecular flexibility index (Phi) is 5.02. The van der Waals surface area contributed by atoms with Crippen molar-refractivity contribution >= 4 is 38.3 Å². The number of benzene rings is 1. The highest BCUT2D eigenvalue weighted by molar-refractivity contribution is 9.10. The number of anilines is 1. The van der Waals surface area contributed by atoms with E-state index in [0.29, 0.717) is 24.6 Å². The average molecular weight is 427 g/mol. The first-order chi connectivity index (χ1) is 13.2. The number of para-hydroxylation sites is 1. The molecule has 4 rings (SSSR count). The first-order valence-electron chi connectivity index (χ1n) is 8.55. The van der Waals surface area contributed by atoms with Crippen LogP contribution in [-0.4, -0.2) is 39.8 Å². The molecule has 0 aliphatic carbocycles. The van der Waals surface area contributed by atoms with Crippen LogP contribution >= 0.6 is 15.9 Å². The molecule has 3 N–H and O–H groups in total. The lowest BCUT2D eigenvalue weighted by Gasteiger charge is -2.10. The highest BCUT2D eigenvalue weighted by atomic mass is 79.9. The maximum Gasteiger partial charge on any atom is 0.165 e. The van der Waals surface area contributed by atoms with Gasteiger partial charge in [-0.1, -0.05) is 18.2 Å². The van der Waals surface area contributed by atoms with E-state index in [1.54, 1.807) is 17.8 Å². The van der Waals surface area contributed by atoms with Crippen LogP contribution in [0.15, 0.2) is 47.2 Å². The largest absolute Gasteiger partial charge is 0.383 e. The summed E-state index contributed by atoms with van der Waals surface area (Å²) >= 11 is 3.54. The Bertz CT molecular complexity index is 1110. The fourth-order valence-electron chi connectivity index (χ4n) is 2.96. The Balaban J connectivity index is 1.77. The van der Waals surface area contributed by atoms with E-state index in [1.807, 2.05) is 30.5 Å². The number of hydrogen-bond acceptors (Lipinski definition) is 6. The molecule has 138 valence electrons. The maximum absolute atomic E-state index is 6.28. The Hall–Kier alpha value is -2.55. The highest BCUT2D eigenvalue weighted by Gasteiger charge is 2.16. The van der Waals surface area contributed by atoms with E-state index in [4.69, 9.17) is 15.5 Å². The number of nitrogens with two attached hydrogens (primary N) is 1. The van der Waals surface area contributed by atoms with E-state index in [1.165, 1.54) is 0 Å². The molecular weight excluding hydrogens is 408 g/mol. The number of fused-ring (bicyclic) bond motifs is 2. The van der Waals surface area contributed by atoms with Gasteiger partial charge in [-0.25, -0.2) is 4.98 Å². The quantitative estimate of drug-likeness (QED) is 0.460. The first kappa shape index (κ1) is 17.8. The van der Waals surface area contributed by atoms with Crippen molar-refractivity contribution in [3.8, 4) is 11.1 Å². The third kappa shape index (κ3) is 3.39. The van der Waals surface area contributed by atoms with Gasteiger partial charge in [-0.3, -0.25) is 4.98 Å². The zero-order chi connectivity index (χ0) is 18.8. The fourth-order valence-corrected chi connectivity index (χ4v) is 3.36. The second-order valence-corrected chi connectivity index (χ2v) is 6.93. The van der Waals surface area contributed by atoms with Crippen molar-refractivity contribution < 1.29 is 4.74 Å². The molecule has 27 heavy (non-hydrogen) atoms. The lowest BCUT2D eigenvalue weighted by molar-refractivity contribution is 0.199. The third-order valence-electron chi connectivity index (χ3n) is 4.37. The molecule has 0 fully saturated rings. The number of halogens is 1. The molecule has 0 saturated heterocycles. The molecule has 3 aromatic heterocycles.